The molecule has 0 radical (unpaired) electrons. The maximum atomic E-state index is 13.4. The van der Waals surface area contributed by atoms with Crippen LogP contribution in [0.1, 0.15) is 45.2 Å². The standard InChI is InChI=1S/C24H25ClN2O2/c1-4-21(29)27-19-12-8-7-11-17(19)26-18-13-24(2,3)14-20(28)22(18)23(27)15-9-5-6-10-16(15)25/h5-13,22-23,26H,4,14H2,1-3H3/t22-,23-/m0/s1. The Bertz CT molecular complexity index is 1010. The normalized spacial score (nSPS) is 22.7. The van der Waals surface area contributed by atoms with Crippen LogP contribution in [0, 0.1) is 11.3 Å². The Labute approximate surface area is 176 Å². The lowest BCUT2D eigenvalue weighted by Crippen LogP contribution is -2.43. The maximum absolute atomic E-state index is 13.4. The van der Waals surface area contributed by atoms with Crippen molar-refractivity contribution in [1.29, 1.82) is 0 Å². The van der Waals surface area contributed by atoms with Gasteiger partial charge in [0.15, 0.2) is 0 Å². The van der Waals surface area contributed by atoms with Crippen molar-refractivity contribution < 1.29 is 9.59 Å². The molecule has 4 rings (SSSR count). The average Bonchev–Trinajstić information content (AvgIpc) is 2.81. The lowest BCUT2D eigenvalue weighted by molar-refractivity contribution is -0.125. The molecule has 150 valence electrons. The van der Waals surface area contributed by atoms with Crippen molar-refractivity contribution in [2.45, 2.75) is 39.7 Å². The molecule has 0 spiro atoms. The fourth-order valence-corrected chi connectivity index (χ4v) is 4.74. The first-order valence-electron chi connectivity index (χ1n) is 10.0. The van der Waals surface area contributed by atoms with Crippen molar-refractivity contribution in [2.75, 3.05) is 10.2 Å². The number of nitrogens with zero attached hydrogens (tertiary/aromatic N) is 1. The van der Waals surface area contributed by atoms with E-state index in [9.17, 15) is 9.59 Å². The van der Waals surface area contributed by atoms with Crippen LogP contribution in [0.2, 0.25) is 5.02 Å². The Morgan fingerprint density at radius 3 is 2.59 bits per heavy atom. The number of para-hydroxylation sites is 2. The molecule has 0 bridgehead atoms. The molecule has 1 aliphatic heterocycles. The van der Waals surface area contributed by atoms with E-state index < -0.39 is 12.0 Å². The summed E-state index contributed by atoms with van der Waals surface area (Å²) in [5, 5.41) is 4.04. The number of benzene rings is 2. The van der Waals surface area contributed by atoms with Crippen molar-refractivity contribution in [3.8, 4) is 0 Å². The summed E-state index contributed by atoms with van der Waals surface area (Å²) >= 11 is 6.60. The van der Waals surface area contributed by atoms with Crippen LogP contribution in [0.5, 0.6) is 0 Å². The third-order valence-corrected chi connectivity index (χ3v) is 6.03. The minimum atomic E-state index is -0.498. The number of nitrogens with one attached hydrogen (secondary N) is 1. The van der Waals surface area contributed by atoms with E-state index in [1.807, 2.05) is 55.5 Å². The second-order valence-electron chi connectivity index (χ2n) is 8.43. The molecule has 1 aliphatic carbocycles. The quantitative estimate of drug-likeness (QED) is 0.688. The first kappa shape index (κ1) is 19.7. The van der Waals surface area contributed by atoms with E-state index in [-0.39, 0.29) is 17.1 Å². The summed E-state index contributed by atoms with van der Waals surface area (Å²) in [7, 11) is 0. The van der Waals surface area contributed by atoms with Gasteiger partial charge >= 0.3 is 0 Å². The number of anilines is 2. The van der Waals surface area contributed by atoms with Gasteiger partial charge in [-0.25, -0.2) is 0 Å². The van der Waals surface area contributed by atoms with Crippen LogP contribution in [0.15, 0.2) is 60.3 Å². The van der Waals surface area contributed by atoms with E-state index in [1.54, 1.807) is 4.90 Å². The van der Waals surface area contributed by atoms with Gasteiger partial charge in [-0.15, -0.1) is 0 Å². The first-order valence-corrected chi connectivity index (χ1v) is 10.4. The highest BCUT2D eigenvalue weighted by Gasteiger charge is 2.46. The highest BCUT2D eigenvalue weighted by atomic mass is 35.5. The molecule has 0 unspecified atom stereocenters. The number of ketones is 1. The molecule has 29 heavy (non-hydrogen) atoms. The molecule has 1 heterocycles. The minimum absolute atomic E-state index is 0.0388. The predicted molar refractivity (Wildman–Crippen MR) is 117 cm³/mol. The minimum Gasteiger partial charge on any atom is -0.357 e. The summed E-state index contributed by atoms with van der Waals surface area (Å²) in [5.41, 5.74) is 2.98. The number of carbonyl (C=O) groups excluding carboxylic acids is 2. The Balaban J connectivity index is 2.03. The van der Waals surface area contributed by atoms with Crippen LogP contribution in [0.4, 0.5) is 11.4 Å². The summed E-state index contributed by atoms with van der Waals surface area (Å²) in [4.78, 5) is 28.4. The SMILES string of the molecule is CCC(=O)N1c2ccccc2NC2=CC(C)(C)CC(=O)[C@H]2[C@@H]1c1ccccc1Cl. The maximum Gasteiger partial charge on any atom is 0.227 e. The molecule has 2 atom stereocenters. The predicted octanol–water partition coefficient (Wildman–Crippen LogP) is 5.75. The number of rotatable bonds is 2. The van der Waals surface area contributed by atoms with Gasteiger partial charge in [0.2, 0.25) is 5.91 Å². The fourth-order valence-electron chi connectivity index (χ4n) is 4.49. The number of halogens is 1. The summed E-state index contributed by atoms with van der Waals surface area (Å²) in [6, 6.07) is 14.7. The molecule has 2 aliphatic rings. The number of Topliss-reactive ketones (excluding diaryl/α,β-unsaturated/α-hetero) is 1. The molecule has 0 saturated heterocycles. The molecule has 1 amide bonds. The van der Waals surface area contributed by atoms with Gasteiger partial charge in [-0.05, 0) is 29.2 Å². The van der Waals surface area contributed by atoms with Crippen molar-refractivity contribution in [3.05, 3.63) is 70.9 Å². The molecule has 5 heteroatoms. The molecule has 1 N–H and O–H groups in total. The summed E-state index contributed by atoms with van der Waals surface area (Å²) in [6.45, 7) is 5.97. The molecule has 0 fully saturated rings. The highest BCUT2D eigenvalue weighted by Crippen LogP contribution is 2.49. The number of hydrogen-bond acceptors (Lipinski definition) is 3. The van der Waals surface area contributed by atoms with E-state index in [0.29, 0.717) is 17.9 Å². The van der Waals surface area contributed by atoms with Gasteiger partial charge in [0.05, 0.1) is 23.3 Å². The molecule has 0 aromatic heterocycles. The van der Waals surface area contributed by atoms with Crippen LogP contribution in [-0.2, 0) is 9.59 Å². The Hall–Kier alpha value is -2.59. The third-order valence-electron chi connectivity index (χ3n) is 5.69. The van der Waals surface area contributed by atoms with Gasteiger partial charge in [0, 0.05) is 23.6 Å². The van der Waals surface area contributed by atoms with Crippen molar-refractivity contribution >= 4 is 34.7 Å². The Morgan fingerprint density at radius 1 is 1.17 bits per heavy atom. The number of hydrogen-bond donors (Lipinski definition) is 1. The molecular formula is C24H25ClN2O2. The zero-order valence-corrected chi connectivity index (χ0v) is 17.7. The molecular weight excluding hydrogens is 384 g/mol. The van der Waals surface area contributed by atoms with Crippen LogP contribution >= 0.6 is 11.6 Å². The van der Waals surface area contributed by atoms with E-state index in [2.05, 4.69) is 25.2 Å². The van der Waals surface area contributed by atoms with Crippen LogP contribution in [0.3, 0.4) is 0 Å². The molecule has 2 aromatic carbocycles. The van der Waals surface area contributed by atoms with Crippen LogP contribution in [0.25, 0.3) is 0 Å². The average molecular weight is 409 g/mol. The van der Waals surface area contributed by atoms with E-state index in [4.69, 9.17) is 11.6 Å². The summed E-state index contributed by atoms with van der Waals surface area (Å²) < 4.78 is 0. The third kappa shape index (κ3) is 3.46. The second kappa shape index (κ2) is 7.34. The number of amides is 1. The smallest absolute Gasteiger partial charge is 0.227 e. The lowest BCUT2D eigenvalue weighted by Gasteiger charge is -2.39. The van der Waals surface area contributed by atoms with E-state index >= 15 is 0 Å². The lowest BCUT2D eigenvalue weighted by atomic mass is 9.72. The van der Waals surface area contributed by atoms with Gasteiger partial charge < -0.3 is 10.2 Å². The number of fused-ring (bicyclic) bond motifs is 2. The summed E-state index contributed by atoms with van der Waals surface area (Å²) in [6.07, 6.45) is 2.90. The number of carbonyl (C=O) groups is 2. The van der Waals surface area contributed by atoms with Crippen molar-refractivity contribution in [1.82, 2.24) is 0 Å². The van der Waals surface area contributed by atoms with Gasteiger partial charge in [-0.3, -0.25) is 9.59 Å². The Kier molecular flexibility index (Phi) is 4.99. The highest BCUT2D eigenvalue weighted by molar-refractivity contribution is 6.31. The molecule has 2 aromatic rings. The zero-order valence-electron chi connectivity index (χ0n) is 16.9. The van der Waals surface area contributed by atoms with E-state index in [0.717, 1.165) is 22.6 Å². The zero-order chi connectivity index (χ0) is 20.8. The topological polar surface area (TPSA) is 49.4 Å². The van der Waals surface area contributed by atoms with Gasteiger partial charge in [0.25, 0.3) is 0 Å². The largest absolute Gasteiger partial charge is 0.357 e. The second-order valence-corrected chi connectivity index (χ2v) is 8.84. The van der Waals surface area contributed by atoms with Crippen molar-refractivity contribution in [2.24, 2.45) is 11.3 Å². The van der Waals surface area contributed by atoms with Crippen molar-refractivity contribution in [3.63, 3.8) is 0 Å². The van der Waals surface area contributed by atoms with Crippen LogP contribution < -0.4 is 10.2 Å². The molecule has 4 nitrogen and oxygen atoms in total. The summed E-state index contributed by atoms with van der Waals surface area (Å²) in [5.74, 6) is -0.416. The van der Waals surface area contributed by atoms with Gasteiger partial charge in [-0.1, -0.05) is 68.8 Å². The Morgan fingerprint density at radius 2 is 1.86 bits per heavy atom. The van der Waals surface area contributed by atoms with E-state index in [1.165, 1.54) is 0 Å². The van der Waals surface area contributed by atoms with Gasteiger partial charge in [0.1, 0.15) is 5.78 Å². The number of allylic oxidation sites excluding steroid dienone is 1. The van der Waals surface area contributed by atoms with Crippen LogP contribution in [-0.4, -0.2) is 11.7 Å². The first-order chi connectivity index (χ1) is 13.8. The van der Waals surface area contributed by atoms with Gasteiger partial charge in [-0.2, -0.15) is 0 Å². The monoisotopic (exact) mass is 408 g/mol. The molecule has 0 saturated carbocycles. The fraction of sp³-hybridized carbons (Fsp3) is 0.333.